The van der Waals surface area contributed by atoms with Crippen molar-refractivity contribution >= 4 is 34.2 Å². The van der Waals surface area contributed by atoms with E-state index in [0.29, 0.717) is 33.7 Å². The fourth-order valence-electron chi connectivity index (χ4n) is 3.67. The van der Waals surface area contributed by atoms with Gasteiger partial charge in [0.2, 0.25) is 0 Å². The smallest absolute Gasteiger partial charge is 0.349 e. The Kier molecular flexibility index (Phi) is 5.10. The van der Waals surface area contributed by atoms with Crippen molar-refractivity contribution in [2.45, 2.75) is 6.54 Å². The average Bonchev–Trinajstić information content (AvgIpc) is 2.81. The van der Waals surface area contributed by atoms with Gasteiger partial charge in [-0.3, -0.25) is 9.59 Å². The van der Waals surface area contributed by atoms with Gasteiger partial charge in [-0.2, -0.15) is 0 Å². The highest BCUT2D eigenvalue weighted by Gasteiger charge is 2.27. The Morgan fingerprint density at radius 2 is 1.79 bits per heavy atom. The average molecular weight is 444 g/mol. The molecule has 0 fully saturated rings. The van der Waals surface area contributed by atoms with E-state index < -0.39 is 17.3 Å². The number of hydrogen-bond acceptors (Lipinski definition) is 5. The Morgan fingerprint density at radius 1 is 1.00 bits per heavy atom. The monoisotopic (exact) mass is 444 g/mol. The quantitative estimate of drug-likeness (QED) is 0.479. The molecule has 1 aliphatic rings. The summed E-state index contributed by atoms with van der Waals surface area (Å²) in [6.45, 7) is -0.168. The van der Waals surface area contributed by atoms with Crippen LogP contribution in [0.2, 0.25) is 0 Å². The molecule has 0 radical (unpaired) electrons. The predicted octanol–water partition coefficient (Wildman–Crippen LogP) is 4.11. The van der Waals surface area contributed by atoms with E-state index in [1.165, 1.54) is 17.0 Å². The summed E-state index contributed by atoms with van der Waals surface area (Å²) in [6.07, 6.45) is 0. The van der Waals surface area contributed by atoms with Crippen molar-refractivity contribution in [1.29, 1.82) is 0 Å². The lowest BCUT2D eigenvalue weighted by Gasteiger charge is -2.30. The molecule has 7 nitrogen and oxygen atoms in total. The molecular weight excluding hydrogens is 427 g/mol. The molecule has 0 saturated heterocycles. The number of hydrogen-bond donors (Lipinski definition) is 1. The number of nitrogens with zero attached hydrogens (tertiary/aromatic N) is 1. The van der Waals surface area contributed by atoms with E-state index in [1.54, 1.807) is 60.7 Å². The number of carbonyl (C=O) groups excluding carboxylic acids is 2. The zero-order valence-corrected chi connectivity index (χ0v) is 17.2. The standard InChI is InChI=1S/C25H17FN2O5/c26-19-7-3-1-6-16(19)13-28-20-12-17(9-10-22(20)32-14-23(28)29)27-24(30)18-11-15-5-2-4-8-21(15)33-25(18)31/h1-12H,13-14H2,(H,27,30). The highest BCUT2D eigenvalue weighted by molar-refractivity contribution is 6.06. The molecule has 0 saturated carbocycles. The van der Waals surface area contributed by atoms with Crippen molar-refractivity contribution in [3.63, 3.8) is 0 Å². The highest BCUT2D eigenvalue weighted by Crippen LogP contribution is 2.36. The van der Waals surface area contributed by atoms with E-state index in [1.807, 2.05) is 0 Å². The number of ether oxygens (including phenoxy) is 1. The van der Waals surface area contributed by atoms with Crippen molar-refractivity contribution in [1.82, 2.24) is 0 Å². The lowest BCUT2D eigenvalue weighted by molar-refractivity contribution is -0.121. The topological polar surface area (TPSA) is 88.8 Å². The molecule has 1 aromatic heterocycles. The van der Waals surface area contributed by atoms with Gasteiger partial charge in [0, 0.05) is 16.6 Å². The highest BCUT2D eigenvalue weighted by atomic mass is 19.1. The maximum Gasteiger partial charge on any atom is 0.349 e. The molecule has 3 aromatic carbocycles. The van der Waals surface area contributed by atoms with Crippen LogP contribution in [0.3, 0.4) is 0 Å². The van der Waals surface area contributed by atoms with Crippen molar-refractivity contribution in [2.75, 3.05) is 16.8 Å². The van der Waals surface area contributed by atoms with Gasteiger partial charge in [0.15, 0.2) is 6.61 Å². The number of nitrogens with one attached hydrogen (secondary N) is 1. The van der Waals surface area contributed by atoms with Gasteiger partial charge in [-0.1, -0.05) is 36.4 Å². The number of halogens is 1. The fourth-order valence-corrected chi connectivity index (χ4v) is 3.67. The summed E-state index contributed by atoms with van der Waals surface area (Å²) in [6, 6.07) is 19.3. The zero-order chi connectivity index (χ0) is 22.9. The summed E-state index contributed by atoms with van der Waals surface area (Å²) in [5, 5.41) is 3.27. The molecule has 0 unspecified atom stereocenters. The molecule has 0 spiro atoms. The SMILES string of the molecule is O=C(Nc1ccc2c(c1)N(Cc1ccccc1F)C(=O)CO2)c1cc2ccccc2oc1=O. The molecule has 2 heterocycles. The summed E-state index contributed by atoms with van der Waals surface area (Å²) < 4.78 is 24.9. The van der Waals surface area contributed by atoms with Crippen LogP contribution in [0.1, 0.15) is 15.9 Å². The number of fused-ring (bicyclic) bond motifs is 2. The number of anilines is 2. The Bertz CT molecular complexity index is 1460. The summed E-state index contributed by atoms with van der Waals surface area (Å²) >= 11 is 0. The molecule has 0 aliphatic carbocycles. The van der Waals surface area contributed by atoms with Crippen LogP contribution in [0.25, 0.3) is 11.0 Å². The Balaban J connectivity index is 1.45. The lowest BCUT2D eigenvalue weighted by Crippen LogP contribution is -2.38. The molecule has 4 aromatic rings. The van der Waals surface area contributed by atoms with Gasteiger partial charge in [-0.05, 0) is 36.4 Å². The first-order chi connectivity index (χ1) is 16.0. The van der Waals surface area contributed by atoms with Gasteiger partial charge in [-0.25, -0.2) is 9.18 Å². The van der Waals surface area contributed by atoms with Gasteiger partial charge >= 0.3 is 5.63 Å². The molecule has 8 heteroatoms. The van der Waals surface area contributed by atoms with Crippen LogP contribution in [0.4, 0.5) is 15.8 Å². The van der Waals surface area contributed by atoms with Crippen LogP contribution in [0.15, 0.2) is 82.0 Å². The largest absolute Gasteiger partial charge is 0.482 e. The van der Waals surface area contributed by atoms with Crippen molar-refractivity contribution in [3.8, 4) is 5.75 Å². The van der Waals surface area contributed by atoms with Crippen LogP contribution >= 0.6 is 0 Å². The second kappa shape index (κ2) is 8.23. The Morgan fingerprint density at radius 3 is 2.64 bits per heavy atom. The second-order valence-corrected chi connectivity index (χ2v) is 7.48. The third-order valence-electron chi connectivity index (χ3n) is 5.33. The van der Waals surface area contributed by atoms with Crippen LogP contribution < -0.4 is 20.6 Å². The third kappa shape index (κ3) is 3.94. The first-order valence-electron chi connectivity index (χ1n) is 10.1. The third-order valence-corrected chi connectivity index (χ3v) is 5.33. The number of amides is 2. The van der Waals surface area contributed by atoms with E-state index in [0.717, 1.165) is 0 Å². The lowest BCUT2D eigenvalue weighted by atomic mass is 10.1. The summed E-state index contributed by atoms with van der Waals surface area (Å²) in [4.78, 5) is 39.0. The normalized spacial score (nSPS) is 12.9. The van der Waals surface area contributed by atoms with Crippen molar-refractivity contribution in [3.05, 3.63) is 100 Å². The number of benzene rings is 3. The van der Waals surface area contributed by atoms with Gasteiger partial charge in [0.25, 0.3) is 11.8 Å². The number of rotatable bonds is 4. The molecule has 1 aliphatic heterocycles. The van der Waals surface area contributed by atoms with Gasteiger partial charge in [-0.15, -0.1) is 0 Å². The Labute approximate surface area is 187 Å². The molecular formula is C25H17FN2O5. The maximum atomic E-state index is 14.2. The minimum atomic E-state index is -0.760. The molecule has 0 atom stereocenters. The molecule has 164 valence electrons. The van der Waals surface area contributed by atoms with Crippen LogP contribution in [-0.4, -0.2) is 18.4 Å². The van der Waals surface area contributed by atoms with Crippen LogP contribution in [0.5, 0.6) is 5.75 Å². The number of para-hydroxylation sites is 1. The minimum absolute atomic E-state index is 0.00747. The summed E-state index contributed by atoms with van der Waals surface area (Å²) in [7, 11) is 0. The summed E-state index contributed by atoms with van der Waals surface area (Å²) in [5.41, 5.74) is 0.543. The molecule has 0 bridgehead atoms. The van der Waals surface area contributed by atoms with Crippen molar-refractivity contribution in [2.24, 2.45) is 0 Å². The van der Waals surface area contributed by atoms with Crippen LogP contribution in [0, 0.1) is 5.82 Å². The van der Waals surface area contributed by atoms with Crippen molar-refractivity contribution < 1.29 is 23.1 Å². The molecule has 33 heavy (non-hydrogen) atoms. The van der Waals surface area contributed by atoms with Crippen LogP contribution in [-0.2, 0) is 11.3 Å². The first kappa shape index (κ1) is 20.4. The summed E-state index contributed by atoms with van der Waals surface area (Å²) in [5.74, 6) is -0.998. The number of carbonyl (C=O) groups is 2. The second-order valence-electron chi connectivity index (χ2n) is 7.48. The molecule has 1 N–H and O–H groups in total. The molecule has 2 amide bonds. The Hall–Kier alpha value is -4.46. The fraction of sp³-hybridized carbons (Fsp3) is 0.0800. The van der Waals surface area contributed by atoms with Gasteiger partial charge in [0.05, 0.1) is 12.2 Å². The van der Waals surface area contributed by atoms with E-state index in [-0.39, 0.29) is 24.6 Å². The van der Waals surface area contributed by atoms with Gasteiger partial charge in [0.1, 0.15) is 22.7 Å². The maximum absolute atomic E-state index is 14.2. The van der Waals surface area contributed by atoms with Gasteiger partial charge < -0.3 is 19.4 Å². The van der Waals surface area contributed by atoms with E-state index in [4.69, 9.17) is 9.15 Å². The molecule has 5 rings (SSSR count). The zero-order valence-electron chi connectivity index (χ0n) is 17.2. The first-order valence-corrected chi connectivity index (χ1v) is 10.1. The minimum Gasteiger partial charge on any atom is -0.482 e. The van der Waals surface area contributed by atoms with E-state index >= 15 is 0 Å². The predicted molar refractivity (Wildman–Crippen MR) is 120 cm³/mol. The van der Waals surface area contributed by atoms with E-state index in [9.17, 15) is 18.8 Å². The van der Waals surface area contributed by atoms with E-state index in [2.05, 4.69) is 5.32 Å².